The second-order valence-corrected chi connectivity index (χ2v) is 4.19. The van der Waals surface area contributed by atoms with Crippen LogP contribution in [0.25, 0.3) is 0 Å². The third kappa shape index (κ3) is 4.01. The van der Waals surface area contributed by atoms with Crippen LogP contribution in [-0.4, -0.2) is 38.8 Å². The molecule has 0 aliphatic rings. The Morgan fingerprint density at radius 2 is 1.78 bits per heavy atom. The van der Waals surface area contributed by atoms with Crippen molar-refractivity contribution in [1.29, 1.82) is 0 Å². The lowest BCUT2D eigenvalue weighted by molar-refractivity contribution is 0.140. The van der Waals surface area contributed by atoms with Crippen LogP contribution in [0.5, 0.6) is 0 Å². The summed E-state index contributed by atoms with van der Waals surface area (Å²) >= 11 is 0. The minimum absolute atomic E-state index is 0.0203. The molecule has 0 radical (unpaired) electrons. The lowest BCUT2D eigenvalue weighted by atomic mass is 10.0. The van der Waals surface area contributed by atoms with Crippen LogP contribution in [0.1, 0.15) is 23.6 Å². The summed E-state index contributed by atoms with van der Waals surface area (Å²) in [6.07, 6.45) is -2.43. The van der Waals surface area contributed by atoms with E-state index in [1.165, 1.54) is 12.1 Å². The van der Waals surface area contributed by atoms with Gasteiger partial charge in [-0.2, -0.15) is 0 Å². The van der Waals surface area contributed by atoms with Gasteiger partial charge in [0.25, 0.3) is 6.43 Å². The fourth-order valence-corrected chi connectivity index (χ4v) is 1.83. The molecule has 0 fully saturated rings. The molecule has 0 aliphatic heterocycles. The van der Waals surface area contributed by atoms with E-state index >= 15 is 0 Å². The van der Waals surface area contributed by atoms with Gasteiger partial charge in [-0.1, -0.05) is 24.3 Å². The van der Waals surface area contributed by atoms with Crippen molar-refractivity contribution in [3.05, 3.63) is 35.4 Å². The van der Waals surface area contributed by atoms with Gasteiger partial charge in [0.2, 0.25) is 0 Å². The Balaban J connectivity index is 2.75. The maximum absolute atomic E-state index is 12.5. The molecule has 1 aromatic carbocycles. The molecule has 1 unspecified atom stereocenters. The molecule has 5 heteroatoms. The molecule has 1 aromatic rings. The lowest BCUT2D eigenvalue weighted by Crippen LogP contribution is -2.32. The fourth-order valence-electron chi connectivity index (χ4n) is 1.83. The number of hydrogen-bond donors (Lipinski definition) is 1. The lowest BCUT2D eigenvalue weighted by Gasteiger charge is -2.27. The van der Waals surface area contributed by atoms with Crippen LogP contribution >= 0.6 is 0 Å². The van der Waals surface area contributed by atoms with Crippen LogP contribution in [0.4, 0.5) is 8.78 Å². The topological polar surface area (TPSA) is 38.5 Å². The zero-order valence-electron chi connectivity index (χ0n) is 10.8. The predicted molar refractivity (Wildman–Crippen MR) is 67.7 cm³/mol. The normalized spacial score (nSPS) is 13.3. The number of ether oxygens (including phenoxy) is 1. The van der Waals surface area contributed by atoms with E-state index in [9.17, 15) is 8.78 Å². The van der Waals surface area contributed by atoms with E-state index in [4.69, 9.17) is 10.5 Å². The van der Waals surface area contributed by atoms with Crippen molar-refractivity contribution < 1.29 is 13.5 Å². The number of nitrogens with zero attached hydrogens (tertiary/aromatic N) is 1. The van der Waals surface area contributed by atoms with E-state index in [0.717, 1.165) is 12.1 Å². The number of rotatable bonds is 7. The number of methoxy groups -OCH3 is 1. The molecular formula is C13H20F2N2O. The number of alkyl halides is 2. The first-order chi connectivity index (χ1) is 8.60. The van der Waals surface area contributed by atoms with E-state index in [0.29, 0.717) is 13.2 Å². The van der Waals surface area contributed by atoms with Crippen molar-refractivity contribution in [3.63, 3.8) is 0 Å². The van der Waals surface area contributed by atoms with Gasteiger partial charge < -0.3 is 10.5 Å². The Hall–Kier alpha value is -1.04. The van der Waals surface area contributed by atoms with Gasteiger partial charge in [-0.25, -0.2) is 8.78 Å². The summed E-state index contributed by atoms with van der Waals surface area (Å²) in [6.45, 7) is 1.80. The van der Waals surface area contributed by atoms with Crippen molar-refractivity contribution >= 4 is 0 Å². The second-order valence-electron chi connectivity index (χ2n) is 4.19. The highest BCUT2D eigenvalue weighted by atomic mass is 19.3. The molecule has 0 bridgehead atoms. The maximum Gasteiger partial charge on any atom is 0.263 e. The molecule has 0 saturated heterocycles. The van der Waals surface area contributed by atoms with Crippen LogP contribution in [0.2, 0.25) is 0 Å². The zero-order valence-corrected chi connectivity index (χ0v) is 10.8. The number of likely N-dealkylation sites (N-methyl/N-ethyl adjacent to an activating group) is 1. The SMILES string of the molecule is COCCN(C)C(CN)c1ccc(C(F)F)cc1. The van der Waals surface area contributed by atoms with E-state index in [1.54, 1.807) is 19.2 Å². The summed E-state index contributed by atoms with van der Waals surface area (Å²) in [4.78, 5) is 2.06. The molecule has 18 heavy (non-hydrogen) atoms. The Morgan fingerprint density at radius 1 is 1.22 bits per heavy atom. The first kappa shape index (κ1) is 15.0. The Kier molecular flexibility index (Phi) is 6.18. The molecule has 2 N–H and O–H groups in total. The second kappa shape index (κ2) is 7.41. The van der Waals surface area contributed by atoms with Crippen molar-refractivity contribution in [2.24, 2.45) is 5.73 Å². The summed E-state index contributed by atoms with van der Waals surface area (Å²) in [5.41, 5.74) is 6.73. The van der Waals surface area contributed by atoms with Crippen LogP contribution in [0.3, 0.4) is 0 Å². The standard InChI is InChI=1S/C13H20F2N2O/c1-17(7-8-18-2)12(9-16)10-3-5-11(6-4-10)13(14)15/h3-6,12-13H,7-9,16H2,1-2H3. The predicted octanol–water partition coefficient (Wildman–Crippen LogP) is 2.20. The first-order valence-corrected chi connectivity index (χ1v) is 5.87. The van der Waals surface area contributed by atoms with Gasteiger partial charge in [-0.3, -0.25) is 4.90 Å². The maximum atomic E-state index is 12.5. The molecule has 0 spiro atoms. The summed E-state index contributed by atoms with van der Waals surface area (Å²) < 4.78 is 29.9. The molecule has 1 rings (SSSR count). The Labute approximate surface area is 107 Å². The van der Waals surface area contributed by atoms with Crippen molar-refractivity contribution in [1.82, 2.24) is 4.90 Å². The highest BCUT2D eigenvalue weighted by molar-refractivity contribution is 5.26. The molecule has 3 nitrogen and oxygen atoms in total. The van der Waals surface area contributed by atoms with Gasteiger partial charge in [-0.05, 0) is 12.6 Å². The quantitative estimate of drug-likeness (QED) is 0.815. The van der Waals surface area contributed by atoms with Crippen LogP contribution in [0, 0.1) is 0 Å². The number of hydrogen-bond acceptors (Lipinski definition) is 3. The zero-order chi connectivity index (χ0) is 13.5. The number of halogens is 2. The molecule has 0 heterocycles. The number of nitrogens with two attached hydrogens (primary N) is 1. The largest absolute Gasteiger partial charge is 0.383 e. The smallest absolute Gasteiger partial charge is 0.263 e. The van der Waals surface area contributed by atoms with Gasteiger partial charge in [0, 0.05) is 31.8 Å². The van der Waals surface area contributed by atoms with E-state index in [-0.39, 0.29) is 11.6 Å². The van der Waals surface area contributed by atoms with Crippen LogP contribution < -0.4 is 5.73 Å². The van der Waals surface area contributed by atoms with Crippen molar-refractivity contribution in [3.8, 4) is 0 Å². The highest BCUT2D eigenvalue weighted by Crippen LogP contribution is 2.23. The van der Waals surface area contributed by atoms with Gasteiger partial charge in [0.1, 0.15) is 0 Å². The van der Waals surface area contributed by atoms with Crippen molar-refractivity contribution in [2.75, 3.05) is 33.9 Å². The van der Waals surface area contributed by atoms with Gasteiger partial charge in [0.05, 0.1) is 6.61 Å². The van der Waals surface area contributed by atoms with Gasteiger partial charge in [0.15, 0.2) is 0 Å². The summed E-state index contributed by atoms with van der Waals surface area (Å²) in [5, 5.41) is 0. The Bertz CT molecular complexity index is 343. The minimum atomic E-state index is -2.43. The molecule has 0 aliphatic carbocycles. The molecule has 0 amide bonds. The summed E-state index contributed by atoms with van der Waals surface area (Å²) in [5.74, 6) is 0. The average Bonchev–Trinajstić information content (AvgIpc) is 2.37. The third-order valence-corrected chi connectivity index (χ3v) is 2.98. The fraction of sp³-hybridized carbons (Fsp3) is 0.538. The van der Waals surface area contributed by atoms with Gasteiger partial charge >= 0.3 is 0 Å². The molecule has 0 saturated carbocycles. The Morgan fingerprint density at radius 3 is 2.22 bits per heavy atom. The van der Waals surface area contributed by atoms with Crippen LogP contribution in [0.15, 0.2) is 24.3 Å². The highest BCUT2D eigenvalue weighted by Gasteiger charge is 2.16. The van der Waals surface area contributed by atoms with E-state index in [2.05, 4.69) is 4.90 Å². The minimum Gasteiger partial charge on any atom is -0.383 e. The molecule has 0 aromatic heterocycles. The number of benzene rings is 1. The average molecular weight is 258 g/mol. The van der Waals surface area contributed by atoms with E-state index < -0.39 is 6.43 Å². The molecular weight excluding hydrogens is 238 g/mol. The molecule has 1 atom stereocenters. The van der Waals surface area contributed by atoms with Crippen molar-refractivity contribution in [2.45, 2.75) is 12.5 Å². The summed E-state index contributed by atoms with van der Waals surface area (Å²) in [6, 6.07) is 6.34. The van der Waals surface area contributed by atoms with E-state index in [1.807, 2.05) is 7.05 Å². The monoisotopic (exact) mass is 258 g/mol. The summed E-state index contributed by atoms with van der Waals surface area (Å²) in [7, 11) is 3.58. The molecule has 102 valence electrons. The van der Waals surface area contributed by atoms with Crippen LogP contribution in [-0.2, 0) is 4.74 Å². The first-order valence-electron chi connectivity index (χ1n) is 5.87. The van der Waals surface area contributed by atoms with Gasteiger partial charge in [-0.15, -0.1) is 0 Å². The third-order valence-electron chi connectivity index (χ3n) is 2.98.